The van der Waals surface area contributed by atoms with E-state index in [2.05, 4.69) is 5.32 Å². The normalized spacial score (nSPS) is 21.5. The van der Waals surface area contributed by atoms with Crippen molar-refractivity contribution in [3.8, 4) is 0 Å². The van der Waals surface area contributed by atoms with Crippen molar-refractivity contribution < 1.29 is 13.6 Å². The fraction of sp³-hybridized carbons (Fsp3) is 0.417. The Morgan fingerprint density at radius 2 is 2.24 bits per heavy atom. The van der Waals surface area contributed by atoms with Gasteiger partial charge in [-0.05, 0) is 25.2 Å². The largest absolute Gasteiger partial charge is 0.313 e. The first-order valence-electron chi connectivity index (χ1n) is 5.50. The number of nitrogens with one attached hydrogen (secondary N) is 1. The van der Waals surface area contributed by atoms with Crippen LogP contribution in [0, 0.1) is 11.6 Å². The van der Waals surface area contributed by atoms with E-state index in [0.717, 1.165) is 24.7 Å². The molecule has 1 atom stereocenters. The minimum atomic E-state index is -0.671. The maximum atomic E-state index is 13.5. The highest BCUT2D eigenvalue weighted by molar-refractivity contribution is 6.00. The smallest absolute Gasteiger partial charge is 0.184 e. The molecule has 0 aliphatic carbocycles. The molecule has 1 heterocycles. The Labute approximate surface area is 98.4 Å². The van der Waals surface area contributed by atoms with Gasteiger partial charge in [-0.1, -0.05) is 0 Å². The summed E-state index contributed by atoms with van der Waals surface area (Å²) in [5.74, 6) is -1.65. The summed E-state index contributed by atoms with van der Waals surface area (Å²) in [7, 11) is 1.81. The minimum Gasteiger partial charge on any atom is -0.313 e. The molecule has 2 rings (SSSR count). The third-order valence-electron chi connectivity index (χ3n) is 3.01. The van der Waals surface area contributed by atoms with Gasteiger partial charge in [-0.25, -0.2) is 8.78 Å². The quantitative estimate of drug-likeness (QED) is 0.784. The van der Waals surface area contributed by atoms with E-state index in [4.69, 9.17) is 0 Å². The number of ketones is 1. The predicted octanol–water partition coefficient (Wildman–Crippen LogP) is 1.05. The Kier molecular flexibility index (Phi) is 3.49. The molecule has 0 radical (unpaired) electrons. The number of hydrogen-bond donors (Lipinski definition) is 1. The summed E-state index contributed by atoms with van der Waals surface area (Å²) in [6.07, 6.45) is 0. The summed E-state index contributed by atoms with van der Waals surface area (Å²) in [6, 6.07) is 2.52. The van der Waals surface area contributed by atoms with Gasteiger partial charge in [-0.3, -0.25) is 9.69 Å². The number of hydrogen-bond acceptors (Lipinski definition) is 3. The number of Topliss-reactive ketones (excluding diaryl/α,β-unsaturated/α-hetero) is 1. The molecule has 5 heteroatoms. The zero-order valence-electron chi connectivity index (χ0n) is 9.54. The van der Waals surface area contributed by atoms with Gasteiger partial charge in [-0.15, -0.1) is 0 Å². The van der Waals surface area contributed by atoms with Gasteiger partial charge >= 0.3 is 0 Å². The number of carbonyl (C=O) groups excluding carboxylic acids is 1. The van der Waals surface area contributed by atoms with E-state index >= 15 is 0 Å². The molecule has 17 heavy (non-hydrogen) atoms. The van der Waals surface area contributed by atoms with Crippen LogP contribution in [0.2, 0.25) is 0 Å². The van der Waals surface area contributed by atoms with Gasteiger partial charge in [0.25, 0.3) is 0 Å². The van der Waals surface area contributed by atoms with E-state index in [1.54, 1.807) is 7.05 Å². The van der Waals surface area contributed by atoms with Gasteiger partial charge in [-0.2, -0.15) is 0 Å². The maximum Gasteiger partial charge on any atom is 0.184 e. The minimum absolute atomic E-state index is 0.175. The summed E-state index contributed by atoms with van der Waals surface area (Å²) in [4.78, 5) is 13.9. The summed E-state index contributed by atoms with van der Waals surface area (Å²) in [5.41, 5.74) is -0.175. The van der Waals surface area contributed by atoms with Crippen molar-refractivity contribution in [3.05, 3.63) is 35.4 Å². The van der Waals surface area contributed by atoms with Crippen LogP contribution in [-0.2, 0) is 0 Å². The van der Waals surface area contributed by atoms with Crippen molar-refractivity contribution in [1.82, 2.24) is 10.2 Å². The molecule has 0 spiro atoms. The number of rotatable bonds is 2. The number of likely N-dealkylation sites (N-methyl/N-ethyl adjacent to an activating group) is 1. The van der Waals surface area contributed by atoms with Crippen molar-refractivity contribution in [2.24, 2.45) is 0 Å². The lowest BCUT2D eigenvalue weighted by molar-refractivity contribution is 0.0814. The summed E-state index contributed by atoms with van der Waals surface area (Å²) in [5, 5.41) is 3.07. The Morgan fingerprint density at radius 3 is 2.94 bits per heavy atom. The summed E-state index contributed by atoms with van der Waals surface area (Å²) < 4.78 is 26.5. The number of piperazine rings is 1. The third-order valence-corrected chi connectivity index (χ3v) is 3.01. The predicted molar refractivity (Wildman–Crippen MR) is 60.0 cm³/mol. The van der Waals surface area contributed by atoms with Crippen LogP contribution < -0.4 is 5.32 Å². The molecular formula is C12H14F2N2O. The fourth-order valence-electron chi connectivity index (χ4n) is 1.96. The van der Waals surface area contributed by atoms with Gasteiger partial charge in [0.05, 0.1) is 11.6 Å². The van der Waals surface area contributed by atoms with E-state index in [0.29, 0.717) is 13.1 Å². The third kappa shape index (κ3) is 2.50. The van der Waals surface area contributed by atoms with E-state index in [1.807, 2.05) is 4.90 Å². The van der Waals surface area contributed by atoms with Gasteiger partial charge in [0.15, 0.2) is 5.78 Å². The van der Waals surface area contributed by atoms with Gasteiger partial charge < -0.3 is 5.32 Å². The Hall–Kier alpha value is -1.33. The van der Waals surface area contributed by atoms with E-state index in [-0.39, 0.29) is 11.3 Å². The molecule has 0 bridgehead atoms. The second-order valence-corrected chi connectivity index (χ2v) is 4.19. The lowest BCUT2D eigenvalue weighted by atomic mass is 10.0. The number of halogens is 2. The fourth-order valence-corrected chi connectivity index (χ4v) is 1.96. The number of carbonyl (C=O) groups is 1. The zero-order chi connectivity index (χ0) is 12.4. The first-order valence-corrected chi connectivity index (χ1v) is 5.50. The van der Waals surface area contributed by atoms with Crippen LogP contribution in [0.25, 0.3) is 0 Å². The van der Waals surface area contributed by atoms with Crippen LogP contribution in [-0.4, -0.2) is 43.4 Å². The van der Waals surface area contributed by atoms with E-state index in [9.17, 15) is 13.6 Å². The average molecular weight is 240 g/mol. The second kappa shape index (κ2) is 4.89. The van der Waals surface area contributed by atoms with Crippen LogP contribution in [0.4, 0.5) is 8.78 Å². The van der Waals surface area contributed by atoms with Crippen LogP contribution in [0.3, 0.4) is 0 Å². The van der Waals surface area contributed by atoms with Crippen LogP contribution in [0.15, 0.2) is 18.2 Å². The van der Waals surface area contributed by atoms with E-state index in [1.165, 1.54) is 0 Å². The van der Waals surface area contributed by atoms with Crippen LogP contribution in [0.1, 0.15) is 10.4 Å². The molecule has 3 nitrogen and oxygen atoms in total. The first kappa shape index (κ1) is 12.1. The first-order chi connectivity index (χ1) is 8.09. The second-order valence-electron chi connectivity index (χ2n) is 4.19. The Balaban J connectivity index is 2.26. The van der Waals surface area contributed by atoms with Crippen LogP contribution >= 0.6 is 0 Å². The van der Waals surface area contributed by atoms with Crippen molar-refractivity contribution in [2.45, 2.75) is 6.04 Å². The maximum absolute atomic E-state index is 13.5. The molecule has 1 aliphatic heterocycles. The summed E-state index contributed by atoms with van der Waals surface area (Å²) >= 11 is 0. The highest BCUT2D eigenvalue weighted by Gasteiger charge is 2.28. The molecule has 0 saturated carbocycles. The molecule has 1 aromatic rings. The molecule has 0 aromatic heterocycles. The average Bonchev–Trinajstić information content (AvgIpc) is 2.32. The number of benzene rings is 1. The number of nitrogens with zero attached hydrogens (tertiary/aromatic N) is 1. The van der Waals surface area contributed by atoms with Crippen molar-refractivity contribution in [2.75, 3.05) is 26.7 Å². The lowest BCUT2D eigenvalue weighted by Crippen LogP contribution is -2.53. The van der Waals surface area contributed by atoms with E-state index < -0.39 is 17.7 Å². The molecule has 1 fully saturated rings. The molecule has 1 aliphatic rings. The lowest BCUT2D eigenvalue weighted by Gasteiger charge is -2.31. The molecule has 92 valence electrons. The van der Waals surface area contributed by atoms with Crippen LogP contribution in [0.5, 0.6) is 0 Å². The molecular weight excluding hydrogens is 226 g/mol. The molecule has 1 N–H and O–H groups in total. The Morgan fingerprint density at radius 1 is 1.47 bits per heavy atom. The van der Waals surface area contributed by atoms with Crippen molar-refractivity contribution in [1.29, 1.82) is 0 Å². The van der Waals surface area contributed by atoms with Gasteiger partial charge in [0, 0.05) is 19.6 Å². The van der Waals surface area contributed by atoms with Crippen molar-refractivity contribution >= 4 is 5.78 Å². The monoisotopic (exact) mass is 240 g/mol. The zero-order valence-corrected chi connectivity index (χ0v) is 9.54. The van der Waals surface area contributed by atoms with Gasteiger partial charge in [0.1, 0.15) is 11.6 Å². The SMILES string of the molecule is CN1CCNCC1C(=O)c1cc(F)ccc1F. The highest BCUT2D eigenvalue weighted by Crippen LogP contribution is 2.15. The Bertz CT molecular complexity index is 437. The van der Waals surface area contributed by atoms with Gasteiger partial charge in [0.2, 0.25) is 0 Å². The molecule has 1 saturated heterocycles. The molecule has 0 amide bonds. The molecule has 1 unspecified atom stereocenters. The molecule has 1 aromatic carbocycles. The highest BCUT2D eigenvalue weighted by atomic mass is 19.1. The summed E-state index contributed by atoms with van der Waals surface area (Å²) in [6.45, 7) is 1.98. The van der Waals surface area contributed by atoms with Crippen molar-refractivity contribution in [3.63, 3.8) is 0 Å². The topological polar surface area (TPSA) is 32.3 Å². The standard InChI is InChI=1S/C12H14F2N2O/c1-16-5-4-15-7-11(16)12(17)9-6-8(13)2-3-10(9)14/h2-3,6,11,15H,4-5,7H2,1H3.